The Bertz CT molecular complexity index is 980. The van der Waals surface area contributed by atoms with Crippen LogP contribution < -0.4 is 10.1 Å². The zero-order valence-electron chi connectivity index (χ0n) is 16.5. The minimum absolute atomic E-state index is 0.0765. The zero-order valence-corrected chi connectivity index (χ0v) is 16.5. The lowest BCUT2D eigenvalue weighted by atomic mass is 10.1. The maximum Gasteiger partial charge on any atom is 0.224 e. The Hall–Kier alpha value is -3.15. The van der Waals surface area contributed by atoms with E-state index in [1.165, 1.54) is 12.1 Å². The maximum absolute atomic E-state index is 13.1. The van der Waals surface area contributed by atoms with E-state index in [-0.39, 0.29) is 24.2 Å². The fraction of sp³-hybridized carbons (Fsp3) is 0.273. The fourth-order valence-corrected chi connectivity index (χ4v) is 3.22. The Morgan fingerprint density at radius 3 is 2.61 bits per heavy atom. The smallest absolute Gasteiger partial charge is 0.224 e. The van der Waals surface area contributed by atoms with E-state index < -0.39 is 0 Å². The minimum atomic E-state index is -0.290. The normalized spacial score (nSPS) is 11.9. The van der Waals surface area contributed by atoms with Crippen molar-refractivity contribution in [3.63, 3.8) is 0 Å². The third kappa shape index (κ3) is 4.22. The van der Waals surface area contributed by atoms with E-state index in [0.717, 1.165) is 33.8 Å². The van der Waals surface area contributed by atoms with Crippen LogP contribution in [0, 0.1) is 19.7 Å². The van der Waals surface area contributed by atoms with Crippen molar-refractivity contribution in [2.24, 2.45) is 0 Å². The van der Waals surface area contributed by atoms with Crippen molar-refractivity contribution in [3.8, 4) is 11.4 Å². The second-order valence-electron chi connectivity index (χ2n) is 6.84. The number of hydrogen-bond donors (Lipinski definition) is 1. The second-order valence-corrected chi connectivity index (χ2v) is 6.84. The molecule has 5 nitrogen and oxygen atoms in total. The number of hydrogen-bond acceptors (Lipinski definition) is 3. The van der Waals surface area contributed by atoms with Crippen LogP contribution in [-0.2, 0) is 11.2 Å². The van der Waals surface area contributed by atoms with Gasteiger partial charge < -0.3 is 10.1 Å². The van der Waals surface area contributed by atoms with E-state index in [2.05, 4.69) is 10.4 Å². The molecule has 1 unspecified atom stereocenters. The molecule has 1 N–H and O–H groups in total. The first-order valence-corrected chi connectivity index (χ1v) is 9.12. The first-order valence-electron chi connectivity index (χ1n) is 9.12. The van der Waals surface area contributed by atoms with Gasteiger partial charge >= 0.3 is 0 Å². The Kier molecular flexibility index (Phi) is 5.78. The quantitative estimate of drug-likeness (QED) is 0.701. The van der Waals surface area contributed by atoms with Gasteiger partial charge in [0, 0.05) is 11.3 Å². The third-order valence-corrected chi connectivity index (χ3v) is 4.80. The largest absolute Gasteiger partial charge is 0.496 e. The molecule has 1 aromatic heterocycles. The van der Waals surface area contributed by atoms with Gasteiger partial charge in [-0.15, -0.1) is 0 Å². The topological polar surface area (TPSA) is 56.1 Å². The van der Waals surface area contributed by atoms with Gasteiger partial charge in [-0.2, -0.15) is 5.10 Å². The van der Waals surface area contributed by atoms with Crippen LogP contribution in [0.5, 0.6) is 5.75 Å². The summed E-state index contributed by atoms with van der Waals surface area (Å²) in [7, 11) is 1.62. The average Bonchev–Trinajstić information content (AvgIpc) is 3.05. The number of carbonyl (C=O) groups excluding carboxylic acids is 1. The van der Waals surface area contributed by atoms with Crippen molar-refractivity contribution in [3.05, 3.63) is 76.9 Å². The highest BCUT2D eigenvalue weighted by Gasteiger charge is 2.17. The van der Waals surface area contributed by atoms with Crippen LogP contribution in [0.2, 0.25) is 0 Å². The molecule has 0 saturated heterocycles. The zero-order chi connectivity index (χ0) is 20.3. The number of nitrogens with zero attached hydrogens (tertiary/aromatic N) is 2. The number of methoxy groups -OCH3 is 1. The molecule has 1 amide bonds. The molecule has 0 aliphatic carbocycles. The summed E-state index contributed by atoms with van der Waals surface area (Å²) in [5.41, 5.74) is 4.51. The van der Waals surface area contributed by atoms with E-state index in [9.17, 15) is 9.18 Å². The van der Waals surface area contributed by atoms with Crippen molar-refractivity contribution in [2.75, 3.05) is 7.11 Å². The number of nitrogens with one attached hydrogen (secondary N) is 1. The van der Waals surface area contributed by atoms with E-state index in [0.29, 0.717) is 0 Å². The summed E-state index contributed by atoms with van der Waals surface area (Å²) in [5, 5.41) is 7.41. The number of ether oxygens (including phenoxy) is 1. The molecule has 0 radical (unpaired) electrons. The van der Waals surface area contributed by atoms with Crippen molar-refractivity contribution in [2.45, 2.75) is 33.2 Å². The summed E-state index contributed by atoms with van der Waals surface area (Å²) in [5.74, 6) is 0.407. The summed E-state index contributed by atoms with van der Waals surface area (Å²) >= 11 is 0. The highest BCUT2D eigenvalue weighted by Crippen LogP contribution is 2.22. The molecular formula is C22H24FN3O2. The van der Waals surface area contributed by atoms with Crippen LogP contribution >= 0.6 is 0 Å². The minimum Gasteiger partial charge on any atom is -0.496 e. The summed E-state index contributed by atoms with van der Waals surface area (Å²) in [4.78, 5) is 12.5. The van der Waals surface area contributed by atoms with Crippen molar-refractivity contribution >= 4 is 5.91 Å². The van der Waals surface area contributed by atoms with E-state index in [4.69, 9.17) is 4.74 Å². The summed E-state index contributed by atoms with van der Waals surface area (Å²) in [6.45, 7) is 5.82. The number of rotatable bonds is 6. The molecule has 146 valence electrons. The van der Waals surface area contributed by atoms with Gasteiger partial charge in [-0.3, -0.25) is 4.79 Å². The van der Waals surface area contributed by atoms with Gasteiger partial charge in [-0.1, -0.05) is 12.1 Å². The van der Waals surface area contributed by atoms with Crippen LogP contribution in [0.25, 0.3) is 5.69 Å². The average molecular weight is 381 g/mol. The maximum atomic E-state index is 13.1. The number of aromatic nitrogens is 2. The molecule has 2 aromatic carbocycles. The molecule has 28 heavy (non-hydrogen) atoms. The van der Waals surface area contributed by atoms with Crippen LogP contribution in [0.3, 0.4) is 0 Å². The molecular weight excluding hydrogens is 357 g/mol. The number of aryl methyl sites for hydroxylation is 1. The summed E-state index contributed by atoms with van der Waals surface area (Å²) in [6, 6.07) is 11.7. The van der Waals surface area contributed by atoms with Gasteiger partial charge in [-0.05, 0) is 62.2 Å². The van der Waals surface area contributed by atoms with Gasteiger partial charge in [0.15, 0.2) is 0 Å². The molecule has 0 bridgehead atoms. The van der Waals surface area contributed by atoms with E-state index in [1.807, 2.05) is 39.0 Å². The predicted molar refractivity (Wildman–Crippen MR) is 106 cm³/mol. The third-order valence-electron chi connectivity index (χ3n) is 4.80. The molecule has 1 atom stereocenters. The molecule has 0 aliphatic rings. The first-order chi connectivity index (χ1) is 13.4. The standard InChI is InChI=1S/C22H24FN3O2/c1-14-5-6-17(11-21(14)28-4)12-22(27)25-15(2)20-13-24-26(16(20)3)19-9-7-18(23)8-10-19/h5-11,13,15H,12H2,1-4H3,(H,25,27). The molecule has 0 saturated carbocycles. The number of halogens is 1. The van der Waals surface area contributed by atoms with Gasteiger partial charge in [0.1, 0.15) is 11.6 Å². The number of carbonyl (C=O) groups is 1. The Balaban J connectivity index is 1.70. The Morgan fingerprint density at radius 1 is 1.21 bits per heavy atom. The van der Waals surface area contributed by atoms with Crippen LogP contribution in [0.15, 0.2) is 48.7 Å². The van der Waals surface area contributed by atoms with E-state index >= 15 is 0 Å². The van der Waals surface area contributed by atoms with Crippen molar-refractivity contribution in [1.29, 1.82) is 0 Å². The summed E-state index contributed by atoms with van der Waals surface area (Å²) < 4.78 is 20.2. The van der Waals surface area contributed by atoms with Crippen molar-refractivity contribution < 1.29 is 13.9 Å². The van der Waals surface area contributed by atoms with Gasteiger partial charge in [0.25, 0.3) is 0 Å². The van der Waals surface area contributed by atoms with Crippen LogP contribution in [0.1, 0.15) is 35.3 Å². The molecule has 0 fully saturated rings. The molecule has 3 rings (SSSR count). The van der Waals surface area contributed by atoms with Crippen molar-refractivity contribution in [1.82, 2.24) is 15.1 Å². The highest BCUT2D eigenvalue weighted by molar-refractivity contribution is 5.79. The van der Waals surface area contributed by atoms with Gasteiger partial charge in [0.2, 0.25) is 5.91 Å². The fourth-order valence-electron chi connectivity index (χ4n) is 3.22. The van der Waals surface area contributed by atoms with E-state index in [1.54, 1.807) is 30.1 Å². The Labute approximate surface area is 164 Å². The van der Waals surface area contributed by atoms with Gasteiger partial charge in [-0.25, -0.2) is 9.07 Å². The van der Waals surface area contributed by atoms with Gasteiger partial charge in [0.05, 0.1) is 31.5 Å². The second kappa shape index (κ2) is 8.25. The van der Waals surface area contributed by atoms with Crippen LogP contribution in [-0.4, -0.2) is 22.8 Å². The van der Waals surface area contributed by atoms with Crippen LogP contribution in [0.4, 0.5) is 4.39 Å². The summed E-state index contributed by atoms with van der Waals surface area (Å²) in [6.07, 6.45) is 2.00. The SMILES string of the molecule is COc1cc(CC(=O)NC(C)c2cnn(-c3ccc(F)cc3)c2C)ccc1C. The lowest BCUT2D eigenvalue weighted by Gasteiger charge is -2.15. The molecule has 6 heteroatoms. The molecule has 0 spiro atoms. The molecule has 3 aromatic rings. The lowest BCUT2D eigenvalue weighted by molar-refractivity contribution is -0.121. The lowest BCUT2D eigenvalue weighted by Crippen LogP contribution is -2.28. The first kappa shape index (κ1) is 19.6. The molecule has 1 heterocycles. The highest BCUT2D eigenvalue weighted by atomic mass is 19.1. The number of amides is 1. The Morgan fingerprint density at radius 2 is 1.93 bits per heavy atom. The molecule has 0 aliphatic heterocycles. The predicted octanol–water partition coefficient (Wildman–Crippen LogP) is 4.06. The number of benzene rings is 2. The monoisotopic (exact) mass is 381 g/mol.